The number of hydrogen-bond donors (Lipinski definition) is 1. The first-order valence-corrected chi connectivity index (χ1v) is 13.5. The van der Waals surface area contributed by atoms with Crippen molar-refractivity contribution in [3.63, 3.8) is 0 Å². The number of likely N-dealkylation sites (N-methyl/N-ethyl adjacent to an activating group) is 1. The molecule has 0 amide bonds. The number of rotatable bonds is 14. The molecule has 0 radical (unpaired) electrons. The lowest BCUT2D eigenvalue weighted by atomic mass is 9.84. The molecule has 0 aliphatic carbocycles. The van der Waals surface area contributed by atoms with Gasteiger partial charge >= 0.3 is 0 Å². The van der Waals surface area contributed by atoms with Crippen molar-refractivity contribution in [2.45, 2.75) is 12.5 Å². The van der Waals surface area contributed by atoms with Crippen LogP contribution in [0.15, 0.2) is 48.8 Å². The molecule has 0 bridgehead atoms. The van der Waals surface area contributed by atoms with E-state index < -0.39 is 0 Å². The van der Waals surface area contributed by atoms with Crippen LogP contribution < -0.4 is 10.5 Å². The van der Waals surface area contributed by atoms with Gasteiger partial charge < -0.3 is 29.6 Å². The molecular weight excluding hydrogens is 527 g/mol. The van der Waals surface area contributed by atoms with Crippen molar-refractivity contribution in [3.05, 3.63) is 75.5 Å². The fourth-order valence-corrected chi connectivity index (χ4v) is 5.02. The minimum absolute atomic E-state index is 0.150. The third-order valence-corrected chi connectivity index (χ3v) is 6.76. The van der Waals surface area contributed by atoms with Gasteiger partial charge in [0.15, 0.2) is 0 Å². The Balaban J connectivity index is 1.33. The lowest BCUT2D eigenvalue weighted by molar-refractivity contribution is 0.0103. The van der Waals surface area contributed by atoms with E-state index in [2.05, 4.69) is 34.0 Å². The number of aromatic nitrogens is 2. The molecular formula is C28H34Cl2N4O4. The molecule has 4 rings (SSSR count). The van der Waals surface area contributed by atoms with Gasteiger partial charge in [0.1, 0.15) is 12.9 Å². The van der Waals surface area contributed by atoms with Gasteiger partial charge in [0, 0.05) is 47.2 Å². The summed E-state index contributed by atoms with van der Waals surface area (Å²) >= 11 is 12.9. The lowest BCUT2D eigenvalue weighted by Crippen LogP contribution is -2.31. The van der Waals surface area contributed by atoms with Crippen LogP contribution >= 0.6 is 23.2 Å². The zero-order valence-electron chi connectivity index (χ0n) is 21.6. The van der Waals surface area contributed by atoms with E-state index in [1.54, 1.807) is 0 Å². The Kier molecular flexibility index (Phi) is 11.1. The Morgan fingerprint density at radius 2 is 1.66 bits per heavy atom. The van der Waals surface area contributed by atoms with Crippen molar-refractivity contribution in [1.29, 1.82) is 0 Å². The van der Waals surface area contributed by atoms with Crippen molar-refractivity contribution in [3.8, 4) is 17.1 Å². The summed E-state index contributed by atoms with van der Waals surface area (Å²) in [6.07, 6.45) is 1.52. The molecule has 1 aliphatic heterocycles. The zero-order valence-corrected chi connectivity index (χ0v) is 23.1. The highest BCUT2D eigenvalue weighted by atomic mass is 35.5. The molecule has 204 valence electrons. The highest BCUT2D eigenvalue weighted by Gasteiger charge is 2.27. The zero-order chi connectivity index (χ0) is 26.7. The number of fused-ring (bicyclic) bond motifs is 1. The number of hydrogen-bond acceptors (Lipinski definition) is 8. The average Bonchev–Trinajstić information content (AvgIpc) is 2.92. The molecule has 0 spiro atoms. The monoisotopic (exact) mass is 560 g/mol. The molecule has 2 heterocycles. The highest BCUT2D eigenvalue weighted by molar-refractivity contribution is 6.35. The van der Waals surface area contributed by atoms with E-state index in [0.29, 0.717) is 68.7 Å². The summed E-state index contributed by atoms with van der Waals surface area (Å²) in [5.74, 6) is 0.649. The van der Waals surface area contributed by atoms with Crippen LogP contribution in [0, 0.1) is 0 Å². The molecule has 1 aliphatic rings. The minimum Gasteiger partial charge on any atom is -0.475 e. The number of ether oxygens (including phenoxy) is 4. The predicted molar refractivity (Wildman–Crippen MR) is 149 cm³/mol. The summed E-state index contributed by atoms with van der Waals surface area (Å²) in [5.41, 5.74) is 10.6. The third kappa shape index (κ3) is 8.10. The van der Waals surface area contributed by atoms with E-state index in [1.807, 2.05) is 30.3 Å². The Bertz CT molecular complexity index is 1180. The first-order chi connectivity index (χ1) is 18.5. The maximum absolute atomic E-state index is 6.55. The molecule has 0 saturated carbocycles. The molecule has 8 nitrogen and oxygen atoms in total. The van der Waals surface area contributed by atoms with E-state index in [-0.39, 0.29) is 5.92 Å². The Hall–Kier alpha value is -2.30. The summed E-state index contributed by atoms with van der Waals surface area (Å²) < 4.78 is 22.0. The average molecular weight is 562 g/mol. The molecule has 0 saturated heterocycles. The topological polar surface area (TPSA) is 92.0 Å². The normalized spacial score (nSPS) is 15.4. The second kappa shape index (κ2) is 14.7. The Morgan fingerprint density at radius 1 is 0.921 bits per heavy atom. The SMILES string of the molecule is CN1Cc2c(Cl)cc(Cl)cc2[C@H](c2cccc(-c3cc(OCCOCCOCCOCCN)ncn3)c2)C1. The van der Waals surface area contributed by atoms with Gasteiger partial charge in [0.05, 0.1) is 45.3 Å². The van der Waals surface area contributed by atoms with Gasteiger partial charge in [-0.05, 0) is 41.9 Å². The second-order valence-electron chi connectivity index (χ2n) is 9.05. The summed E-state index contributed by atoms with van der Waals surface area (Å²) in [7, 11) is 2.11. The molecule has 38 heavy (non-hydrogen) atoms. The molecule has 10 heteroatoms. The Labute approximate surface area is 234 Å². The van der Waals surface area contributed by atoms with Gasteiger partial charge in [-0.25, -0.2) is 9.97 Å². The number of benzene rings is 2. The molecule has 3 aromatic rings. The summed E-state index contributed by atoms with van der Waals surface area (Å²) in [5, 5.41) is 1.36. The van der Waals surface area contributed by atoms with Gasteiger partial charge in [-0.15, -0.1) is 0 Å². The van der Waals surface area contributed by atoms with Crippen molar-refractivity contribution in [2.75, 3.05) is 66.4 Å². The number of nitrogens with zero attached hydrogens (tertiary/aromatic N) is 3. The van der Waals surface area contributed by atoms with Crippen molar-refractivity contribution >= 4 is 23.2 Å². The van der Waals surface area contributed by atoms with E-state index in [1.165, 1.54) is 17.5 Å². The van der Waals surface area contributed by atoms with Gasteiger partial charge in [0.25, 0.3) is 0 Å². The fourth-order valence-electron chi connectivity index (χ4n) is 4.45. The molecule has 2 N–H and O–H groups in total. The predicted octanol–water partition coefficient (Wildman–Crippen LogP) is 4.42. The van der Waals surface area contributed by atoms with E-state index in [4.69, 9.17) is 47.9 Å². The van der Waals surface area contributed by atoms with Gasteiger partial charge in [-0.3, -0.25) is 0 Å². The summed E-state index contributed by atoms with van der Waals surface area (Å²) in [6, 6.07) is 14.1. The van der Waals surface area contributed by atoms with Gasteiger partial charge in [-0.1, -0.05) is 41.4 Å². The molecule has 1 atom stereocenters. The highest BCUT2D eigenvalue weighted by Crippen LogP contribution is 2.39. The lowest BCUT2D eigenvalue weighted by Gasteiger charge is -2.33. The smallest absolute Gasteiger partial charge is 0.216 e. The van der Waals surface area contributed by atoms with Crippen molar-refractivity contribution < 1.29 is 18.9 Å². The van der Waals surface area contributed by atoms with E-state index >= 15 is 0 Å². The first kappa shape index (κ1) is 28.7. The van der Waals surface area contributed by atoms with Crippen LogP contribution in [0.1, 0.15) is 22.6 Å². The quantitative estimate of drug-likeness (QED) is 0.290. The maximum atomic E-state index is 6.55. The summed E-state index contributed by atoms with van der Waals surface area (Å²) in [6.45, 7) is 5.59. The van der Waals surface area contributed by atoms with E-state index in [0.717, 1.165) is 29.9 Å². The first-order valence-electron chi connectivity index (χ1n) is 12.7. The third-order valence-electron chi connectivity index (χ3n) is 6.20. The molecule has 0 unspecified atom stereocenters. The number of nitrogens with two attached hydrogens (primary N) is 1. The van der Waals surface area contributed by atoms with Crippen LogP contribution in [0.25, 0.3) is 11.3 Å². The number of halogens is 2. The minimum atomic E-state index is 0.150. The van der Waals surface area contributed by atoms with Gasteiger partial charge in [-0.2, -0.15) is 0 Å². The Morgan fingerprint density at radius 3 is 2.42 bits per heavy atom. The fraction of sp³-hybridized carbons (Fsp3) is 0.429. The molecule has 2 aromatic carbocycles. The second-order valence-corrected chi connectivity index (χ2v) is 9.89. The largest absolute Gasteiger partial charge is 0.475 e. The van der Waals surface area contributed by atoms with Crippen molar-refractivity contribution in [2.24, 2.45) is 5.73 Å². The van der Waals surface area contributed by atoms with Crippen LogP contribution in [0.5, 0.6) is 5.88 Å². The summed E-state index contributed by atoms with van der Waals surface area (Å²) in [4.78, 5) is 11.0. The molecule has 1 aromatic heterocycles. The maximum Gasteiger partial charge on any atom is 0.216 e. The van der Waals surface area contributed by atoms with E-state index in [9.17, 15) is 0 Å². The van der Waals surface area contributed by atoms with Gasteiger partial charge in [0.2, 0.25) is 5.88 Å². The standard InChI is InChI=1S/C28H34Cl2N4O4/c1-34-17-24(23-14-22(29)15-26(30)25(23)18-34)20-3-2-4-21(13-20)27-16-28(33-19-32-27)38-12-11-37-10-9-36-8-7-35-6-5-31/h2-4,13-16,19,24H,5-12,17-18,31H2,1H3/t24-/m0/s1. The van der Waals surface area contributed by atoms with Crippen LogP contribution in [-0.4, -0.2) is 81.3 Å². The van der Waals surface area contributed by atoms with Crippen molar-refractivity contribution in [1.82, 2.24) is 14.9 Å². The van der Waals surface area contributed by atoms with Crippen LogP contribution in [0.2, 0.25) is 10.0 Å². The van der Waals surface area contributed by atoms with Crippen LogP contribution in [0.3, 0.4) is 0 Å². The van der Waals surface area contributed by atoms with Crippen LogP contribution in [0.4, 0.5) is 0 Å². The van der Waals surface area contributed by atoms with Crippen LogP contribution in [-0.2, 0) is 20.8 Å². The molecule has 0 fully saturated rings.